The number of methoxy groups -OCH3 is 1. The van der Waals surface area contributed by atoms with Gasteiger partial charge in [0.1, 0.15) is 17.3 Å². The van der Waals surface area contributed by atoms with E-state index in [1.165, 1.54) is 12.0 Å². The highest BCUT2D eigenvalue weighted by Crippen LogP contribution is 2.38. The number of hydrogen-bond donors (Lipinski definition) is 4. The molecule has 3 heterocycles. The number of nitrogens with one attached hydrogen (secondary N) is 4. The summed E-state index contributed by atoms with van der Waals surface area (Å²) in [5.74, 6) is 0.293. The van der Waals surface area contributed by atoms with Gasteiger partial charge in [-0.3, -0.25) is 14.9 Å². The van der Waals surface area contributed by atoms with Crippen LogP contribution in [-0.4, -0.2) is 49.0 Å². The molecular formula is C27H29N5O6. The Balaban J connectivity index is 1.47. The number of fused-ring (bicyclic) bond motifs is 2. The Bertz CT molecular complexity index is 1390. The molecule has 11 nitrogen and oxygen atoms in total. The molecule has 1 aromatic heterocycles. The maximum absolute atomic E-state index is 13.3. The molecule has 4 N–H and O–H groups in total. The van der Waals surface area contributed by atoms with Crippen LogP contribution >= 0.6 is 0 Å². The number of nitrogens with zero attached hydrogens (tertiary/aromatic N) is 1. The fraction of sp³-hybridized carbons (Fsp3) is 0.333. The van der Waals surface area contributed by atoms with Crippen molar-refractivity contribution in [2.24, 2.45) is 0 Å². The molecule has 0 spiro atoms. The lowest BCUT2D eigenvalue weighted by Gasteiger charge is -2.29. The molecule has 1 aliphatic carbocycles. The Morgan fingerprint density at radius 1 is 1.21 bits per heavy atom. The van der Waals surface area contributed by atoms with E-state index in [1.54, 1.807) is 30.4 Å². The molecule has 2 aliphatic heterocycles. The molecule has 5 rings (SSSR count). The van der Waals surface area contributed by atoms with Gasteiger partial charge in [0.2, 0.25) is 0 Å². The van der Waals surface area contributed by atoms with Crippen molar-refractivity contribution in [3.63, 3.8) is 0 Å². The number of furan rings is 1. The monoisotopic (exact) mass is 519 g/mol. The SMILES string of the molecule is CCNC(=O)NC1=CC(CC)c2cc(C3(CN4Cc5ccc(OC)cc5C4=O)NC(=O)NC3=O)oc2C=C1. The van der Waals surface area contributed by atoms with Crippen molar-refractivity contribution in [3.05, 3.63) is 70.3 Å². The van der Waals surface area contributed by atoms with E-state index in [9.17, 15) is 19.2 Å². The molecule has 11 heteroatoms. The first-order valence-corrected chi connectivity index (χ1v) is 12.5. The summed E-state index contributed by atoms with van der Waals surface area (Å²) in [6.07, 6.45) is 6.06. The van der Waals surface area contributed by atoms with E-state index in [1.807, 2.05) is 26.0 Å². The molecule has 38 heavy (non-hydrogen) atoms. The van der Waals surface area contributed by atoms with Crippen LogP contribution in [0.5, 0.6) is 5.75 Å². The molecule has 1 aromatic carbocycles. The Kier molecular flexibility index (Phi) is 6.43. The molecule has 6 amide bonds. The van der Waals surface area contributed by atoms with Crippen molar-refractivity contribution < 1.29 is 28.3 Å². The number of benzene rings is 1. The van der Waals surface area contributed by atoms with E-state index in [-0.39, 0.29) is 36.7 Å². The molecule has 2 atom stereocenters. The molecule has 0 radical (unpaired) electrons. The van der Waals surface area contributed by atoms with Crippen molar-refractivity contribution in [3.8, 4) is 5.75 Å². The van der Waals surface area contributed by atoms with Crippen molar-refractivity contribution >= 4 is 30.0 Å². The van der Waals surface area contributed by atoms with Gasteiger partial charge in [0.25, 0.3) is 11.8 Å². The maximum atomic E-state index is 13.3. The van der Waals surface area contributed by atoms with Crippen LogP contribution in [0.25, 0.3) is 6.08 Å². The fourth-order valence-corrected chi connectivity index (χ4v) is 5.07. The Hall–Kier alpha value is -4.54. The van der Waals surface area contributed by atoms with Crippen molar-refractivity contribution in [1.82, 2.24) is 26.2 Å². The quantitative estimate of drug-likeness (QED) is 0.415. The van der Waals surface area contributed by atoms with Gasteiger partial charge in [-0.15, -0.1) is 0 Å². The largest absolute Gasteiger partial charge is 0.497 e. The zero-order valence-electron chi connectivity index (χ0n) is 21.3. The van der Waals surface area contributed by atoms with Gasteiger partial charge in [-0.25, -0.2) is 9.59 Å². The van der Waals surface area contributed by atoms with E-state index in [2.05, 4.69) is 21.3 Å². The number of rotatable bonds is 7. The summed E-state index contributed by atoms with van der Waals surface area (Å²) in [5.41, 5.74) is 1.11. The van der Waals surface area contributed by atoms with Crippen LogP contribution in [-0.2, 0) is 16.9 Å². The number of ether oxygens (including phenoxy) is 1. The second-order valence-electron chi connectivity index (χ2n) is 9.38. The summed E-state index contributed by atoms with van der Waals surface area (Å²) in [7, 11) is 1.53. The zero-order valence-corrected chi connectivity index (χ0v) is 21.3. The van der Waals surface area contributed by atoms with Gasteiger partial charge < -0.3 is 30.0 Å². The van der Waals surface area contributed by atoms with Crippen LogP contribution in [0.3, 0.4) is 0 Å². The van der Waals surface area contributed by atoms with Gasteiger partial charge in [0, 0.05) is 35.8 Å². The summed E-state index contributed by atoms with van der Waals surface area (Å²) < 4.78 is 11.5. The van der Waals surface area contributed by atoms with E-state index in [0.717, 1.165) is 11.1 Å². The fourth-order valence-electron chi connectivity index (χ4n) is 5.07. The topological polar surface area (TPSA) is 142 Å². The Labute approximate surface area is 219 Å². The highest BCUT2D eigenvalue weighted by atomic mass is 16.5. The third kappa shape index (κ3) is 4.29. The minimum atomic E-state index is -1.61. The van der Waals surface area contributed by atoms with Crippen LogP contribution in [0.2, 0.25) is 0 Å². The average Bonchev–Trinajstić information content (AvgIpc) is 3.51. The van der Waals surface area contributed by atoms with Gasteiger partial charge in [0.15, 0.2) is 5.54 Å². The lowest BCUT2D eigenvalue weighted by Crippen LogP contribution is -2.52. The molecular weight excluding hydrogens is 490 g/mol. The summed E-state index contributed by atoms with van der Waals surface area (Å²) >= 11 is 0. The van der Waals surface area contributed by atoms with Gasteiger partial charge in [0.05, 0.1) is 13.7 Å². The first-order chi connectivity index (χ1) is 18.3. The Morgan fingerprint density at radius 3 is 2.71 bits per heavy atom. The predicted molar refractivity (Wildman–Crippen MR) is 137 cm³/mol. The maximum Gasteiger partial charge on any atom is 0.322 e. The first-order valence-electron chi connectivity index (χ1n) is 12.5. The summed E-state index contributed by atoms with van der Waals surface area (Å²) in [6.45, 7) is 4.49. The van der Waals surface area contributed by atoms with Gasteiger partial charge in [-0.2, -0.15) is 0 Å². The number of carbonyl (C=O) groups is 4. The standard InChI is InChI=1S/C27H29N5O6/c1-4-15-10-17(29-25(35)28-5-2)7-9-21-19(15)12-22(38-21)27(24(34)30-26(36)31-27)14-32-13-16-6-8-18(37-3)11-20(16)23(32)33/h6-12,15H,4-5,13-14H2,1-3H3,(H2,28,29,35)(H2,30,31,34,36). The summed E-state index contributed by atoms with van der Waals surface area (Å²) in [5, 5.41) is 10.5. The number of allylic oxidation sites excluding steroid dienone is 2. The summed E-state index contributed by atoms with van der Waals surface area (Å²) in [4.78, 5) is 52.4. The number of imide groups is 1. The second kappa shape index (κ2) is 9.73. The predicted octanol–water partition coefficient (Wildman–Crippen LogP) is 2.70. The van der Waals surface area contributed by atoms with Gasteiger partial charge >= 0.3 is 12.1 Å². The molecule has 0 saturated carbocycles. The normalized spacial score (nSPS) is 21.8. The third-order valence-corrected chi connectivity index (χ3v) is 7.01. The van der Waals surface area contributed by atoms with Crippen molar-refractivity contribution in [1.29, 1.82) is 0 Å². The second-order valence-corrected chi connectivity index (χ2v) is 9.38. The van der Waals surface area contributed by atoms with E-state index in [0.29, 0.717) is 35.7 Å². The molecule has 3 aliphatic rings. The van der Waals surface area contributed by atoms with Crippen LogP contribution in [0.4, 0.5) is 9.59 Å². The minimum absolute atomic E-state index is 0.118. The van der Waals surface area contributed by atoms with Crippen LogP contribution < -0.4 is 26.0 Å². The number of hydrogen-bond acceptors (Lipinski definition) is 6. The molecule has 2 aromatic rings. The van der Waals surface area contributed by atoms with Crippen LogP contribution in [0, 0.1) is 0 Å². The first kappa shape index (κ1) is 25.1. The highest BCUT2D eigenvalue weighted by molar-refractivity contribution is 6.08. The van der Waals surface area contributed by atoms with E-state index in [4.69, 9.17) is 9.15 Å². The molecule has 0 bridgehead atoms. The average molecular weight is 520 g/mol. The molecule has 1 fully saturated rings. The molecule has 198 valence electrons. The lowest BCUT2D eigenvalue weighted by molar-refractivity contribution is -0.125. The molecule has 1 saturated heterocycles. The molecule has 2 unspecified atom stereocenters. The Morgan fingerprint density at radius 2 is 2.03 bits per heavy atom. The van der Waals surface area contributed by atoms with Crippen LogP contribution in [0.1, 0.15) is 59.2 Å². The lowest BCUT2D eigenvalue weighted by atomic mass is 9.91. The minimum Gasteiger partial charge on any atom is -0.497 e. The van der Waals surface area contributed by atoms with Crippen molar-refractivity contribution in [2.75, 3.05) is 20.2 Å². The zero-order chi connectivity index (χ0) is 27.0. The number of urea groups is 2. The van der Waals surface area contributed by atoms with E-state index >= 15 is 0 Å². The van der Waals surface area contributed by atoms with Gasteiger partial charge in [-0.05, 0) is 49.3 Å². The highest BCUT2D eigenvalue weighted by Gasteiger charge is 2.53. The van der Waals surface area contributed by atoms with Crippen molar-refractivity contribution in [2.45, 2.75) is 38.3 Å². The number of carbonyl (C=O) groups excluding carboxylic acids is 4. The number of amides is 6. The van der Waals surface area contributed by atoms with Crippen LogP contribution in [0.15, 0.2) is 46.5 Å². The summed E-state index contributed by atoms with van der Waals surface area (Å²) in [6, 6.07) is 6.04. The van der Waals surface area contributed by atoms with E-state index < -0.39 is 17.5 Å². The smallest absolute Gasteiger partial charge is 0.322 e. The third-order valence-electron chi connectivity index (χ3n) is 7.01. The van der Waals surface area contributed by atoms with Gasteiger partial charge in [-0.1, -0.05) is 19.1 Å².